The standard InChI is InChI=1S/C14H19F2NO2/c1-18-13-7-11(8-17-9-13)5-10-3-2-4-12(6-10)19-14(15)16/h2-4,6,11,13-14,17H,5,7-9H2,1H3/t11-,13-/m0/s1. The molecule has 0 spiro atoms. The topological polar surface area (TPSA) is 30.5 Å². The normalized spacial score (nSPS) is 23.6. The van der Waals surface area contributed by atoms with Crippen molar-refractivity contribution in [3.8, 4) is 5.75 Å². The van der Waals surface area contributed by atoms with Crippen molar-refractivity contribution in [2.75, 3.05) is 20.2 Å². The van der Waals surface area contributed by atoms with Crippen LogP contribution in [0.15, 0.2) is 24.3 Å². The van der Waals surface area contributed by atoms with E-state index in [9.17, 15) is 8.78 Å². The minimum atomic E-state index is -2.77. The Bertz CT molecular complexity index is 401. The summed E-state index contributed by atoms with van der Waals surface area (Å²) in [5, 5.41) is 3.33. The summed E-state index contributed by atoms with van der Waals surface area (Å²) >= 11 is 0. The van der Waals surface area contributed by atoms with Crippen molar-refractivity contribution in [1.82, 2.24) is 5.32 Å². The molecule has 106 valence electrons. The van der Waals surface area contributed by atoms with E-state index < -0.39 is 6.61 Å². The molecule has 1 aliphatic rings. The second-order valence-electron chi connectivity index (χ2n) is 4.85. The molecular weight excluding hydrogens is 252 g/mol. The van der Waals surface area contributed by atoms with Crippen molar-refractivity contribution in [3.63, 3.8) is 0 Å². The molecule has 0 saturated carbocycles. The van der Waals surface area contributed by atoms with E-state index in [2.05, 4.69) is 10.1 Å². The zero-order valence-corrected chi connectivity index (χ0v) is 10.9. The molecule has 0 radical (unpaired) electrons. The fourth-order valence-corrected chi connectivity index (χ4v) is 2.50. The first-order chi connectivity index (χ1) is 9.17. The first kappa shape index (κ1) is 14.2. The van der Waals surface area contributed by atoms with Gasteiger partial charge in [-0.2, -0.15) is 8.78 Å². The highest BCUT2D eigenvalue weighted by atomic mass is 19.3. The van der Waals surface area contributed by atoms with E-state index in [1.165, 1.54) is 0 Å². The zero-order valence-electron chi connectivity index (χ0n) is 10.9. The maximum Gasteiger partial charge on any atom is 0.387 e. The number of halogens is 2. The average Bonchev–Trinajstić information content (AvgIpc) is 2.38. The van der Waals surface area contributed by atoms with Crippen molar-refractivity contribution in [1.29, 1.82) is 0 Å². The van der Waals surface area contributed by atoms with Crippen molar-refractivity contribution >= 4 is 0 Å². The number of hydrogen-bond donors (Lipinski definition) is 1. The summed E-state index contributed by atoms with van der Waals surface area (Å²) in [4.78, 5) is 0. The summed E-state index contributed by atoms with van der Waals surface area (Å²) in [6.07, 6.45) is 2.07. The lowest BCUT2D eigenvalue weighted by Gasteiger charge is -2.29. The predicted octanol–water partition coefficient (Wildman–Crippen LogP) is 2.46. The zero-order chi connectivity index (χ0) is 13.7. The average molecular weight is 271 g/mol. The molecule has 19 heavy (non-hydrogen) atoms. The molecule has 0 aromatic heterocycles. The molecule has 2 atom stereocenters. The SMILES string of the molecule is CO[C@@H]1CNC[C@@H](Cc2cccc(OC(F)F)c2)C1. The van der Waals surface area contributed by atoms with E-state index in [-0.39, 0.29) is 11.9 Å². The molecule has 0 unspecified atom stereocenters. The van der Waals surface area contributed by atoms with Crippen LogP contribution in [-0.4, -0.2) is 32.9 Å². The molecule has 1 aromatic rings. The van der Waals surface area contributed by atoms with Gasteiger partial charge in [0.2, 0.25) is 0 Å². The van der Waals surface area contributed by atoms with Gasteiger partial charge in [-0.1, -0.05) is 12.1 Å². The number of piperidine rings is 1. The Balaban J connectivity index is 1.94. The number of hydrogen-bond acceptors (Lipinski definition) is 3. The van der Waals surface area contributed by atoms with Gasteiger partial charge in [-0.05, 0) is 43.0 Å². The molecule has 2 rings (SSSR count). The van der Waals surface area contributed by atoms with Gasteiger partial charge >= 0.3 is 6.61 Å². The van der Waals surface area contributed by atoms with Crippen LogP contribution in [0.1, 0.15) is 12.0 Å². The summed E-state index contributed by atoms with van der Waals surface area (Å²) in [5.41, 5.74) is 1.02. The van der Waals surface area contributed by atoms with Crippen LogP contribution in [0.25, 0.3) is 0 Å². The second-order valence-corrected chi connectivity index (χ2v) is 4.85. The van der Waals surface area contributed by atoms with Crippen LogP contribution in [0, 0.1) is 5.92 Å². The van der Waals surface area contributed by atoms with Gasteiger partial charge in [0.05, 0.1) is 6.10 Å². The molecule has 1 aromatic carbocycles. The number of benzene rings is 1. The molecule has 1 fully saturated rings. The van der Waals surface area contributed by atoms with E-state index in [0.29, 0.717) is 5.92 Å². The third kappa shape index (κ3) is 4.44. The van der Waals surface area contributed by atoms with Gasteiger partial charge in [-0.25, -0.2) is 0 Å². The lowest BCUT2D eigenvalue weighted by atomic mass is 9.91. The molecule has 5 heteroatoms. The van der Waals surface area contributed by atoms with Gasteiger partial charge in [0.25, 0.3) is 0 Å². The molecule has 3 nitrogen and oxygen atoms in total. The molecule has 0 bridgehead atoms. The highest BCUT2D eigenvalue weighted by Crippen LogP contribution is 2.22. The summed E-state index contributed by atoms with van der Waals surface area (Å²) < 4.78 is 34.1. The smallest absolute Gasteiger partial charge is 0.387 e. The summed E-state index contributed by atoms with van der Waals surface area (Å²) in [5.74, 6) is 0.681. The van der Waals surface area contributed by atoms with E-state index >= 15 is 0 Å². The maximum atomic E-state index is 12.2. The molecule has 1 N–H and O–H groups in total. The number of ether oxygens (including phenoxy) is 2. The summed E-state index contributed by atoms with van der Waals surface area (Å²) in [6, 6.07) is 6.92. The van der Waals surface area contributed by atoms with Crippen LogP contribution >= 0.6 is 0 Å². The fourth-order valence-electron chi connectivity index (χ4n) is 2.50. The number of nitrogens with one attached hydrogen (secondary N) is 1. The van der Waals surface area contributed by atoms with Crippen LogP contribution in [0.3, 0.4) is 0 Å². The Morgan fingerprint density at radius 1 is 1.37 bits per heavy atom. The quantitative estimate of drug-likeness (QED) is 0.892. The first-order valence-corrected chi connectivity index (χ1v) is 6.44. The van der Waals surface area contributed by atoms with Crippen LogP contribution in [0.4, 0.5) is 8.78 Å². The van der Waals surface area contributed by atoms with Crippen LogP contribution < -0.4 is 10.1 Å². The Hall–Kier alpha value is -1.20. The number of alkyl halides is 2. The molecule has 1 saturated heterocycles. The van der Waals surface area contributed by atoms with Gasteiger partial charge in [0.1, 0.15) is 5.75 Å². The van der Waals surface area contributed by atoms with Gasteiger partial charge in [0.15, 0.2) is 0 Å². The second kappa shape index (κ2) is 6.82. The number of methoxy groups -OCH3 is 1. The monoisotopic (exact) mass is 271 g/mol. The minimum Gasteiger partial charge on any atom is -0.435 e. The van der Waals surface area contributed by atoms with E-state index in [1.807, 2.05) is 6.07 Å². The Morgan fingerprint density at radius 2 is 2.21 bits per heavy atom. The van der Waals surface area contributed by atoms with Gasteiger partial charge < -0.3 is 14.8 Å². The Labute approximate surface area is 111 Å². The third-order valence-corrected chi connectivity index (χ3v) is 3.38. The predicted molar refractivity (Wildman–Crippen MR) is 68.6 cm³/mol. The molecule has 1 heterocycles. The van der Waals surface area contributed by atoms with Gasteiger partial charge in [0, 0.05) is 13.7 Å². The molecule has 0 amide bonds. The van der Waals surface area contributed by atoms with Crippen LogP contribution in [0.2, 0.25) is 0 Å². The third-order valence-electron chi connectivity index (χ3n) is 3.38. The van der Waals surface area contributed by atoms with Crippen LogP contribution in [-0.2, 0) is 11.2 Å². The largest absolute Gasteiger partial charge is 0.435 e. The Kier molecular flexibility index (Phi) is 5.10. The molecule has 1 aliphatic heterocycles. The van der Waals surface area contributed by atoms with Crippen molar-refractivity contribution in [3.05, 3.63) is 29.8 Å². The van der Waals surface area contributed by atoms with Crippen molar-refractivity contribution < 1.29 is 18.3 Å². The Morgan fingerprint density at radius 3 is 2.95 bits per heavy atom. The summed E-state index contributed by atoms with van der Waals surface area (Å²) in [6.45, 7) is -0.967. The van der Waals surface area contributed by atoms with Crippen molar-refractivity contribution in [2.45, 2.75) is 25.6 Å². The molecule has 0 aliphatic carbocycles. The fraction of sp³-hybridized carbons (Fsp3) is 0.571. The van der Waals surface area contributed by atoms with E-state index in [1.54, 1.807) is 25.3 Å². The minimum absolute atomic E-state index is 0.222. The van der Waals surface area contributed by atoms with E-state index in [0.717, 1.165) is 31.5 Å². The van der Waals surface area contributed by atoms with E-state index in [4.69, 9.17) is 4.74 Å². The highest BCUT2D eigenvalue weighted by Gasteiger charge is 2.21. The lowest BCUT2D eigenvalue weighted by Crippen LogP contribution is -2.41. The summed E-state index contributed by atoms with van der Waals surface area (Å²) in [7, 11) is 1.71. The highest BCUT2D eigenvalue weighted by molar-refractivity contribution is 5.29. The number of rotatable bonds is 5. The lowest BCUT2D eigenvalue weighted by molar-refractivity contribution is -0.0498. The van der Waals surface area contributed by atoms with Gasteiger partial charge in [-0.3, -0.25) is 0 Å². The van der Waals surface area contributed by atoms with Gasteiger partial charge in [-0.15, -0.1) is 0 Å². The molecular formula is C14H19F2NO2. The van der Waals surface area contributed by atoms with Crippen molar-refractivity contribution in [2.24, 2.45) is 5.92 Å². The first-order valence-electron chi connectivity index (χ1n) is 6.44. The van der Waals surface area contributed by atoms with Crippen LogP contribution in [0.5, 0.6) is 5.75 Å². The maximum absolute atomic E-state index is 12.2.